The molecule has 2 aromatic rings. The highest BCUT2D eigenvalue weighted by molar-refractivity contribution is 5.75. The second-order valence-electron chi connectivity index (χ2n) is 4.95. The van der Waals surface area contributed by atoms with E-state index >= 15 is 0 Å². The van der Waals surface area contributed by atoms with Crippen LogP contribution in [0.2, 0.25) is 0 Å². The molecule has 22 heavy (non-hydrogen) atoms. The first-order chi connectivity index (χ1) is 10.8. The second kappa shape index (κ2) is 8.76. The first-order valence-electron chi connectivity index (χ1n) is 7.47. The van der Waals surface area contributed by atoms with Crippen LogP contribution in [0.15, 0.2) is 30.6 Å². The molecule has 1 amide bonds. The number of amides is 1. The number of unbranched alkanes of at least 4 members (excludes halogenated alkanes) is 1. The fourth-order valence-corrected chi connectivity index (χ4v) is 1.89. The average Bonchev–Trinajstić information content (AvgIpc) is 3.02. The van der Waals surface area contributed by atoms with Crippen molar-refractivity contribution in [1.29, 1.82) is 0 Å². The molecule has 1 aromatic heterocycles. The van der Waals surface area contributed by atoms with Crippen molar-refractivity contribution >= 4 is 5.91 Å². The van der Waals surface area contributed by atoms with E-state index in [4.69, 9.17) is 4.74 Å². The SMILES string of the molecule is CCCCOc1ccc(CCNC(=O)Cn2cnnn2)cc1. The lowest BCUT2D eigenvalue weighted by atomic mass is 10.1. The van der Waals surface area contributed by atoms with Gasteiger partial charge in [0.2, 0.25) is 5.91 Å². The van der Waals surface area contributed by atoms with Crippen LogP contribution in [0.3, 0.4) is 0 Å². The van der Waals surface area contributed by atoms with E-state index < -0.39 is 0 Å². The Morgan fingerprint density at radius 3 is 2.82 bits per heavy atom. The summed E-state index contributed by atoms with van der Waals surface area (Å²) in [5.74, 6) is 0.784. The molecule has 1 N–H and O–H groups in total. The van der Waals surface area contributed by atoms with Crippen molar-refractivity contribution in [3.8, 4) is 5.75 Å². The van der Waals surface area contributed by atoms with Crippen LogP contribution >= 0.6 is 0 Å². The van der Waals surface area contributed by atoms with Gasteiger partial charge in [0.05, 0.1) is 6.61 Å². The Hall–Kier alpha value is -2.44. The van der Waals surface area contributed by atoms with E-state index in [1.54, 1.807) is 0 Å². The number of aromatic nitrogens is 4. The smallest absolute Gasteiger partial charge is 0.241 e. The number of ether oxygens (including phenoxy) is 1. The summed E-state index contributed by atoms with van der Waals surface area (Å²) in [4.78, 5) is 11.7. The van der Waals surface area contributed by atoms with Gasteiger partial charge < -0.3 is 10.1 Å². The second-order valence-corrected chi connectivity index (χ2v) is 4.95. The van der Waals surface area contributed by atoms with Crippen LogP contribution in [0.4, 0.5) is 0 Å². The van der Waals surface area contributed by atoms with E-state index in [2.05, 4.69) is 27.8 Å². The summed E-state index contributed by atoms with van der Waals surface area (Å²) in [6.07, 6.45) is 4.38. The molecular formula is C15H21N5O2. The van der Waals surface area contributed by atoms with Gasteiger partial charge in [0.25, 0.3) is 0 Å². The maximum atomic E-state index is 11.7. The third-order valence-corrected chi connectivity index (χ3v) is 3.12. The minimum atomic E-state index is -0.105. The highest BCUT2D eigenvalue weighted by Crippen LogP contribution is 2.12. The predicted octanol–water partition coefficient (Wildman–Crippen LogP) is 1.21. The quantitative estimate of drug-likeness (QED) is 0.704. The summed E-state index contributed by atoms with van der Waals surface area (Å²) in [5.41, 5.74) is 1.16. The number of carbonyl (C=O) groups is 1. The van der Waals surface area contributed by atoms with Gasteiger partial charge in [0.15, 0.2) is 0 Å². The van der Waals surface area contributed by atoms with Crippen LogP contribution in [0.1, 0.15) is 25.3 Å². The molecule has 2 rings (SSSR count). The highest BCUT2D eigenvalue weighted by Gasteiger charge is 2.03. The van der Waals surface area contributed by atoms with Gasteiger partial charge in [-0.05, 0) is 41.0 Å². The van der Waals surface area contributed by atoms with Gasteiger partial charge in [-0.3, -0.25) is 4.79 Å². The van der Waals surface area contributed by atoms with Crippen LogP contribution in [-0.2, 0) is 17.8 Å². The summed E-state index contributed by atoms with van der Waals surface area (Å²) in [6.45, 7) is 3.61. The number of hydrogen-bond donors (Lipinski definition) is 1. The lowest BCUT2D eigenvalue weighted by molar-refractivity contribution is -0.121. The maximum Gasteiger partial charge on any atom is 0.241 e. The van der Waals surface area contributed by atoms with Gasteiger partial charge in [0, 0.05) is 6.54 Å². The molecule has 1 heterocycles. The molecule has 0 atom stereocenters. The van der Waals surface area contributed by atoms with Gasteiger partial charge in [-0.2, -0.15) is 0 Å². The van der Waals surface area contributed by atoms with Crippen molar-refractivity contribution in [2.45, 2.75) is 32.7 Å². The van der Waals surface area contributed by atoms with Crippen molar-refractivity contribution in [2.75, 3.05) is 13.2 Å². The zero-order valence-electron chi connectivity index (χ0n) is 12.7. The molecule has 7 nitrogen and oxygen atoms in total. The Morgan fingerprint density at radius 2 is 2.14 bits per heavy atom. The van der Waals surface area contributed by atoms with Crippen molar-refractivity contribution < 1.29 is 9.53 Å². The largest absolute Gasteiger partial charge is 0.494 e. The fraction of sp³-hybridized carbons (Fsp3) is 0.467. The molecule has 0 aliphatic rings. The van der Waals surface area contributed by atoms with Crippen LogP contribution in [0, 0.1) is 0 Å². The molecule has 0 unspecified atom stereocenters. The molecule has 0 saturated heterocycles. The van der Waals surface area contributed by atoms with Crippen molar-refractivity contribution in [3.63, 3.8) is 0 Å². The third-order valence-electron chi connectivity index (χ3n) is 3.12. The van der Waals surface area contributed by atoms with E-state index in [-0.39, 0.29) is 12.5 Å². The average molecular weight is 303 g/mol. The first kappa shape index (κ1) is 15.9. The molecule has 0 radical (unpaired) electrons. The zero-order valence-corrected chi connectivity index (χ0v) is 12.7. The topological polar surface area (TPSA) is 81.9 Å². The molecule has 0 bridgehead atoms. The molecule has 1 aromatic carbocycles. The molecule has 118 valence electrons. The van der Waals surface area contributed by atoms with Gasteiger partial charge in [-0.25, -0.2) is 4.68 Å². The lowest BCUT2D eigenvalue weighted by Crippen LogP contribution is -2.29. The predicted molar refractivity (Wildman–Crippen MR) is 81.4 cm³/mol. The Labute approximate surface area is 129 Å². The molecule has 0 spiro atoms. The number of nitrogens with zero attached hydrogens (tertiary/aromatic N) is 4. The van der Waals surface area contributed by atoms with Gasteiger partial charge in [-0.1, -0.05) is 25.5 Å². The standard InChI is InChI=1S/C15H21N5O2/c1-2-3-10-22-14-6-4-13(5-7-14)8-9-16-15(21)11-20-12-17-18-19-20/h4-7,12H,2-3,8-11H2,1H3,(H,16,21). The number of hydrogen-bond acceptors (Lipinski definition) is 5. The highest BCUT2D eigenvalue weighted by atomic mass is 16.5. The van der Waals surface area contributed by atoms with Gasteiger partial charge in [0.1, 0.15) is 18.6 Å². The minimum Gasteiger partial charge on any atom is -0.494 e. The Morgan fingerprint density at radius 1 is 1.32 bits per heavy atom. The van der Waals surface area contributed by atoms with E-state index in [1.807, 2.05) is 24.3 Å². The summed E-state index contributed by atoms with van der Waals surface area (Å²) in [7, 11) is 0. The number of tetrazole rings is 1. The number of benzene rings is 1. The van der Waals surface area contributed by atoms with E-state index in [0.717, 1.165) is 37.2 Å². The normalized spacial score (nSPS) is 10.4. The Bertz CT molecular complexity index is 554. The lowest BCUT2D eigenvalue weighted by Gasteiger charge is -2.07. The zero-order chi connectivity index (χ0) is 15.6. The monoisotopic (exact) mass is 303 g/mol. The molecule has 0 fully saturated rings. The first-order valence-corrected chi connectivity index (χ1v) is 7.47. The van der Waals surface area contributed by atoms with Crippen molar-refractivity contribution in [1.82, 2.24) is 25.5 Å². The van der Waals surface area contributed by atoms with Crippen LogP contribution in [-0.4, -0.2) is 39.3 Å². The van der Waals surface area contributed by atoms with Crippen LogP contribution in [0.25, 0.3) is 0 Å². The van der Waals surface area contributed by atoms with Gasteiger partial charge >= 0.3 is 0 Å². The molecular weight excluding hydrogens is 282 g/mol. The van der Waals surface area contributed by atoms with E-state index in [0.29, 0.717) is 6.54 Å². The van der Waals surface area contributed by atoms with Crippen LogP contribution < -0.4 is 10.1 Å². The van der Waals surface area contributed by atoms with E-state index in [9.17, 15) is 4.79 Å². The summed E-state index contributed by atoms with van der Waals surface area (Å²) >= 11 is 0. The molecule has 7 heteroatoms. The third kappa shape index (κ3) is 5.51. The molecule has 0 saturated carbocycles. The summed E-state index contributed by atoms with van der Waals surface area (Å²) in [5, 5.41) is 13.4. The van der Waals surface area contributed by atoms with Crippen molar-refractivity contribution in [2.24, 2.45) is 0 Å². The van der Waals surface area contributed by atoms with E-state index in [1.165, 1.54) is 11.0 Å². The Balaban J connectivity index is 1.67. The Kier molecular flexibility index (Phi) is 6.35. The van der Waals surface area contributed by atoms with Crippen LogP contribution in [0.5, 0.6) is 5.75 Å². The maximum absolute atomic E-state index is 11.7. The number of rotatable bonds is 9. The molecule has 0 aliphatic carbocycles. The fourth-order valence-electron chi connectivity index (χ4n) is 1.89. The van der Waals surface area contributed by atoms with Crippen molar-refractivity contribution in [3.05, 3.63) is 36.2 Å². The summed E-state index contributed by atoms with van der Waals surface area (Å²) < 4.78 is 7.00. The number of carbonyl (C=O) groups excluding carboxylic acids is 1. The summed E-state index contributed by atoms with van der Waals surface area (Å²) in [6, 6.07) is 7.98. The minimum absolute atomic E-state index is 0.105. The molecule has 0 aliphatic heterocycles. The van der Waals surface area contributed by atoms with Gasteiger partial charge in [-0.15, -0.1) is 5.10 Å². The number of nitrogens with one attached hydrogen (secondary N) is 1.